The molecule has 4 rings (SSSR count). The van der Waals surface area contributed by atoms with E-state index in [9.17, 15) is 9.59 Å². The minimum Gasteiger partial charge on any atom is -0.383 e. The number of nitrogens with zero attached hydrogens (tertiary/aromatic N) is 3. The monoisotopic (exact) mass is 515 g/mol. The van der Waals surface area contributed by atoms with Crippen molar-refractivity contribution in [2.24, 2.45) is 5.10 Å². The first-order chi connectivity index (χ1) is 16.5. The van der Waals surface area contributed by atoms with Crippen molar-refractivity contribution in [3.63, 3.8) is 0 Å². The number of carbonyl (C=O) groups is 2. The molecule has 1 atom stereocenters. The topological polar surface area (TPSA) is 62.2 Å². The number of rotatable bonds is 8. The predicted octanol–water partition coefficient (Wildman–Crippen LogP) is 5.52. The Hall–Kier alpha value is -2.71. The largest absolute Gasteiger partial charge is 0.383 e. The van der Waals surface area contributed by atoms with E-state index in [1.807, 2.05) is 29.6 Å². The second-order valence-corrected chi connectivity index (χ2v) is 9.52. The lowest BCUT2D eigenvalue weighted by Crippen LogP contribution is -2.42. The highest BCUT2D eigenvalue weighted by molar-refractivity contribution is 7.12. The molecule has 9 heteroatoms. The summed E-state index contributed by atoms with van der Waals surface area (Å²) in [5, 5.41) is 9.10. The smallest absolute Gasteiger partial charge is 0.262 e. The maximum atomic E-state index is 13.5. The standard InChI is InChI=1S/C25H23Cl2N3O3S/c1-33-13-12-29(25(32)19-5-2-3-6-20(19)27)16-24(31)30-22(17-8-10-18(26)11-9-17)15-21(28-30)23-7-4-14-34-23/h2-11,14,22H,12-13,15-16H2,1H3/t22-/m0/s1. The Morgan fingerprint density at radius 3 is 2.56 bits per heavy atom. The van der Waals surface area contributed by atoms with Crippen LogP contribution in [0.1, 0.15) is 33.3 Å². The van der Waals surface area contributed by atoms with Crippen molar-refractivity contribution in [2.75, 3.05) is 26.8 Å². The van der Waals surface area contributed by atoms with Crippen LogP contribution < -0.4 is 0 Å². The van der Waals surface area contributed by atoms with Gasteiger partial charge in [-0.3, -0.25) is 9.59 Å². The molecule has 0 saturated heterocycles. The number of benzene rings is 2. The van der Waals surface area contributed by atoms with Gasteiger partial charge in [0.1, 0.15) is 6.54 Å². The van der Waals surface area contributed by atoms with Crippen LogP contribution in [0.4, 0.5) is 0 Å². The summed E-state index contributed by atoms with van der Waals surface area (Å²) in [5.41, 5.74) is 2.10. The highest BCUT2D eigenvalue weighted by atomic mass is 35.5. The van der Waals surface area contributed by atoms with Gasteiger partial charge >= 0.3 is 0 Å². The van der Waals surface area contributed by atoms with Crippen molar-refractivity contribution in [3.8, 4) is 0 Å². The number of carbonyl (C=O) groups excluding carboxylic acids is 2. The summed E-state index contributed by atoms with van der Waals surface area (Å²) in [6, 6.07) is 17.9. The van der Waals surface area contributed by atoms with Crippen molar-refractivity contribution in [2.45, 2.75) is 12.5 Å². The fourth-order valence-corrected chi connectivity index (χ4v) is 4.83. The number of hydrazone groups is 1. The molecule has 1 aliphatic rings. The number of amides is 2. The van der Waals surface area contributed by atoms with Gasteiger partial charge in [0.2, 0.25) is 0 Å². The van der Waals surface area contributed by atoms with E-state index in [1.165, 1.54) is 9.91 Å². The van der Waals surface area contributed by atoms with E-state index in [0.717, 1.165) is 16.2 Å². The molecule has 34 heavy (non-hydrogen) atoms. The number of ether oxygens (including phenoxy) is 1. The van der Waals surface area contributed by atoms with Crippen molar-refractivity contribution in [3.05, 3.63) is 92.1 Å². The first-order valence-electron chi connectivity index (χ1n) is 10.7. The van der Waals surface area contributed by atoms with E-state index in [-0.39, 0.29) is 37.6 Å². The molecule has 1 aliphatic heterocycles. The van der Waals surface area contributed by atoms with Gasteiger partial charge in [-0.2, -0.15) is 5.10 Å². The normalized spacial score (nSPS) is 15.3. The zero-order chi connectivity index (χ0) is 24.1. The Morgan fingerprint density at radius 2 is 1.88 bits per heavy atom. The maximum Gasteiger partial charge on any atom is 0.262 e. The van der Waals surface area contributed by atoms with Crippen LogP contribution in [0.3, 0.4) is 0 Å². The van der Waals surface area contributed by atoms with Crippen LogP contribution in [0.15, 0.2) is 71.1 Å². The van der Waals surface area contributed by atoms with E-state index in [0.29, 0.717) is 22.0 Å². The lowest BCUT2D eigenvalue weighted by molar-refractivity contribution is -0.133. The van der Waals surface area contributed by atoms with Crippen LogP contribution in [0.5, 0.6) is 0 Å². The minimum atomic E-state index is -0.333. The number of hydrogen-bond donors (Lipinski definition) is 0. The molecule has 0 aliphatic carbocycles. The fraction of sp³-hybridized carbons (Fsp3) is 0.240. The van der Waals surface area contributed by atoms with Crippen LogP contribution in [0.25, 0.3) is 0 Å². The Labute approximate surface area is 212 Å². The van der Waals surface area contributed by atoms with Crippen molar-refractivity contribution in [1.29, 1.82) is 0 Å². The quantitative estimate of drug-likeness (QED) is 0.396. The SMILES string of the molecule is COCCN(CC(=O)N1N=C(c2cccs2)C[C@H]1c1ccc(Cl)cc1)C(=O)c1ccccc1Cl. The third-order valence-electron chi connectivity index (χ3n) is 5.51. The Kier molecular flexibility index (Phi) is 8.00. The van der Waals surface area contributed by atoms with E-state index >= 15 is 0 Å². The van der Waals surface area contributed by atoms with Gasteiger partial charge in [-0.05, 0) is 41.3 Å². The van der Waals surface area contributed by atoms with Gasteiger partial charge in [-0.15, -0.1) is 11.3 Å². The summed E-state index contributed by atoms with van der Waals surface area (Å²) in [6.07, 6.45) is 0.574. The highest BCUT2D eigenvalue weighted by Gasteiger charge is 2.35. The Bertz CT molecular complexity index is 1180. The first-order valence-corrected chi connectivity index (χ1v) is 12.3. The average Bonchev–Trinajstić information content (AvgIpc) is 3.52. The summed E-state index contributed by atoms with van der Waals surface area (Å²) in [4.78, 5) is 29.2. The fourth-order valence-electron chi connectivity index (χ4n) is 3.77. The van der Waals surface area contributed by atoms with Gasteiger partial charge in [-0.25, -0.2) is 5.01 Å². The molecule has 3 aromatic rings. The molecule has 0 saturated carbocycles. The molecule has 176 valence electrons. The van der Waals surface area contributed by atoms with Crippen LogP contribution in [0.2, 0.25) is 10.0 Å². The molecule has 2 aromatic carbocycles. The van der Waals surface area contributed by atoms with Crippen molar-refractivity contribution < 1.29 is 14.3 Å². The summed E-state index contributed by atoms with van der Waals surface area (Å²) >= 11 is 13.9. The van der Waals surface area contributed by atoms with Gasteiger partial charge in [0.05, 0.1) is 33.8 Å². The highest BCUT2D eigenvalue weighted by Crippen LogP contribution is 2.34. The first kappa shape index (κ1) is 24.4. The van der Waals surface area contributed by atoms with Crippen molar-refractivity contribution in [1.82, 2.24) is 9.91 Å². The summed E-state index contributed by atoms with van der Waals surface area (Å²) in [7, 11) is 1.55. The summed E-state index contributed by atoms with van der Waals surface area (Å²) in [6.45, 7) is 0.375. The number of halogens is 2. The second-order valence-electron chi connectivity index (χ2n) is 7.73. The second kappa shape index (κ2) is 11.1. The third-order valence-corrected chi connectivity index (χ3v) is 7.01. The molecule has 0 N–H and O–H groups in total. The van der Waals surface area contributed by atoms with Gasteiger partial charge in [0, 0.05) is 25.1 Å². The molecule has 0 unspecified atom stereocenters. The lowest BCUT2D eigenvalue weighted by atomic mass is 10.0. The summed E-state index contributed by atoms with van der Waals surface area (Å²) < 4.78 is 5.17. The number of hydrogen-bond acceptors (Lipinski definition) is 5. The molecule has 2 amide bonds. The molecule has 2 heterocycles. The predicted molar refractivity (Wildman–Crippen MR) is 136 cm³/mol. The van der Waals surface area contributed by atoms with Crippen molar-refractivity contribution >= 4 is 52.1 Å². The molecular formula is C25H23Cl2N3O3S. The molecule has 0 fully saturated rings. The van der Waals surface area contributed by atoms with Gasteiger partial charge in [0.25, 0.3) is 11.8 Å². The zero-order valence-corrected chi connectivity index (χ0v) is 20.8. The van der Waals surface area contributed by atoms with E-state index < -0.39 is 0 Å². The third kappa shape index (κ3) is 5.50. The van der Waals surface area contributed by atoms with E-state index in [4.69, 9.17) is 27.9 Å². The average molecular weight is 516 g/mol. The lowest BCUT2D eigenvalue weighted by Gasteiger charge is -2.27. The van der Waals surface area contributed by atoms with E-state index in [2.05, 4.69) is 5.10 Å². The molecular weight excluding hydrogens is 493 g/mol. The molecule has 0 radical (unpaired) electrons. The molecule has 1 aromatic heterocycles. The van der Waals surface area contributed by atoms with Gasteiger partial charge < -0.3 is 9.64 Å². The zero-order valence-electron chi connectivity index (χ0n) is 18.5. The van der Waals surface area contributed by atoms with Crippen LogP contribution in [-0.2, 0) is 9.53 Å². The van der Waals surface area contributed by atoms with Gasteiger partial charge in [0.15, 0.2) is 0 Å². The summed E-state index contributed by atoms with van der Waals surface area (Å²) in [5.74, 6) is -0.622. The molecule has 0 spiro atoms. The Morgan fingerprint density at radius 1 is 1.12 bits per heavy atom. The van der Waals surface area contributed by atoms with E-state index in [1.54, 1.807) is 54.8 Å². The van der Waals surface area contributed by atoms with Gasteiger partial charge in [-0.1, -0.05) is 53.5 Å². The molecule has 6 nitrogen and oxygen atoms in total. The number of thiophene rings is 1. The molecule has 0 bridgehead atoms. The minimum absolute atomic E-state index is 0.154. The van der Waals surface area contributed by atoms with Crippen LogP contribution >= 0.6 is 34.5 Å². The van der Waals surface area contributed by atoms with Crippen LogP contribution in [-0.4, -0.2) is 54.2 Å². The number of methoxy groups -OCH3 is 1. The van der Waals surface area contributed by atoms with Crippen LogP contribution in [0, 0.1) is 0 Å². The Balaban J connectivity index is 1.61. The maximum absolute atomic E-state index is 13.5.